The van der Waals surface area contributed by atoms with Crippen LogP contribution in [0, 0.1) is 5.82 Å². The van der Waals surface area contributed by atoms with Crippen LogP contribution in [0.4, 0.5) is 4.39 Å². The number of hydrogen-bond donors (Lipinski definition) is 0. The molecule has 146 valence electrons. The standard InChI is InChI=1S/C12H17N3S.C7H3FO.2ClH/c1-4-10-5-6-12(16-10)15-8-7-13-11(15)9-14(2)3;8-5-3-1-2-4-6(5)7(4)9;;/h5-8H,4,9H2,1-3H3;1-3H;2*1H. The van der Waals surface area contributed by atoms with Crippen LogP contribution in [0.25, 0.3) is 15.8 Å². The molecule has 0 saturated carbocycles. The van der Waals surface area contributed by atoms with Crippen molar-refractivity contribution in [2.24, 2.45) is 0 Å². The molecule has 0 atom stereocenters. The first kappa shape index (κ1) is 23.3. The summed E-state index contributed by atoms with van der Waals surface area (Å²) in [6.07, 6.45) is 5.00. The van der Waals surface area contributed by atoms with E-state index in [1.54, 1.807) is 12.1 Å². The van der Waals surface area contributed by atoms with E-state index in [1.165, 1.54) is 15.9 Å². The van der Waals surface area contributed by atoms with E-state index in [-0.39, 0.29) is 35.6 Å². The summed E-state index contributed by atoms with van der Waals surface area (Å²) in [7, 11) is 4.12. The lowest BCUT2D eigenvalue weighted by Crippen LogP contribution is -2.14. The zero-order valence-electron chi connectivity index (χ0n) is 15.3. The molecule has 4 nitrogen and oxygen atoms in total. The van der Waals surface area contributed by atoms with E-state index in [1.807, 2.05) is 23.7 Å². The van der Waals surface area contributed by atoms with Crippen LogP contribution >= 0.6 is 36.2 Å². The number of nitrogens with zero attached hydrogens (tertiary/aromatic N) is 3. The van der Waals surface area contributed by atoms with Gasteiger partial charge < -0.3 is 4.90 Å². The van der Waals surface area contributed by atoms with Crippen molar-refractivity contribution in [2.75, 3.05) is 14.1 Å². The number of halogens is 3. The Balaban J connectivity index is 0.000000284. The Labute approximate surface area is 174 Å². The minimum atomic E-state index is -0.391. The molecule has 2 heterocycles. The van der Waals surface area contributed by atoms with Crippen molar-refractivity contribution in [1.29, 1.82) is 0 Å². The lowest BCUT2D eigenvalue weighted by atomic mass is 10.4. The normalized spacial score (nSPS) is 10.4. The van der Waals surface area contributed by atoms with Gasteiger partial charge in [-0.15, -0.1) is 36.2 Å². The number of benzene rings is 1. The number of aromatic nitrogens is 2. The zero-order chi connectivity index (χ0) is 18.0. The van der Waals surface area contributed by atoms with Gasteiger partial charge in [-0.05, 0) is 38.7 Å². The van der Waals surface area contributed by atoms with Crippen LogP contribution in [0.15, 0.2) is 47.5 Å². The quantitative estimate of drug-likeness (QED) is 0.475. The first-order chi connectivity index (χ1) is 12.0. The van der Waals surface area contributed by atoms with Crippen molar-refractivity contribution in [3.63, 3.8) is 0 Å². The number of thiophene rings is 1. The minimum absolute atomic E-state index is 0. The summed E-state index contributed by atoms with van der Waals surface area (Å²) < 4.78 is 14.6. The van der Waals surface area contributed by atoms with Gasteiger partial charge in [0.15, 0.2) is 5.43 Å². The Bertz CT molecular complexity index is 1000. The molecule has 4 aromatic rings. The van der Waals surface area contributed by atoms with Crippen LogP contribution in [0.5, 0.6) is 0 Å². The molecule has 0 bridgehead atoms. The van der Waals surface area contributed by atoms with Gasteiger partial charge in [0, 0.05) is 22.7 Å². The third-order valence-electron chi connectivity index (χ3n) is 3.83. The van der Waals surface area contributed by atoms with Crippen LogP contribution in [0.2, 0.25) is 0 Å². The summed E-state index contributed by atoms with van der Waals surface area (Å²) >= 11 is 1.84. The second-order valence-electron chi connectivity index (χ2n) is 6.04. The van der Waals surface area contributed by atoms with Crippen LogP contribution < -0.4 is 5.43 Å². The fraction of sp³-hybridized carbons (Fsp3) is 0.263. The molecule has 0 amide bonds. The van der Waals surface area contributed by atoms with Gasteiger partial charge in [-0.2, -0.15) is 0 Å². The van der Waals surface area contributed by atoms with Crippen LogP contribution in [0.3, 0.4) is 0 Å². The van der Waals surface area contributed by atoms with E-state index in [2.05, 4.69) is 47.6 Å². The second kappa shape index (κ2) is 9.99. The van der Waals surface area contributed by atoms with Gasteiger partial charge in [-0.25, -0.2) is 9.37 Å². The first-order valence-electron chi connectivity index (χ1n) is 8.10. The van der Waals surface area contributed by atoms with Crippen molar-refractivity contribution < 1.29 is 4.39 Å². The van der Waals surface area contributed by atoms with E-state index in [4.69, 9.17) is 0 Å². The molecule has 0 radical (unpaired) electrons. The highest BCUT2D eigenvalue weighted by molar-refractivity contribution is 7.14. The third-order valence-corrected chi connectivity index (χ3v) is 5.06. The predicted molar refractivity (Wildman–Crippen MR) is 115 cm³/mol. The van der Waals surface area contributed by atoms with Crippen molar-refractivity contribution in [1.82, 2.24) is 14.5 Å². The van der Waals surface area contributed by atoms with Crippen molar-refractivity contribution in [2.45, 2.75) is 19.9 Å². The van der Waals surface area contributed by atoms with Crippen molar-refractivity contribution in [3.05, 3.63) is 69.5 Å². The third kappa shape index (κ3) is 5.39. The summed E-state index contributed by atoms with van der Waals surface area (Å²) in [5, 5.41) is 2.07. The Kier molecular flexibility index (Phi) is 8.62. The van der Waals surface area contributed by atoms with Gasteiger partial charge in [-0.3, -0.25) is 9.36 Å². The predicted octanol–water partition coefficient (Wildman–Crippen LogP) is 4.62. The van der Waals surface area contributed by atoms with Gasteiger partial charge in [-0.1, -0.05) is 19.1 Å². The lowest BCUT2D eigenvalue weighted by molar-refractivity contribution is 0.388. The number of rotatable bonds is 4. The maximum Gasteiger partial charge on any atom is 0.197 e. The Morgan fingerprint density at radius 2 is 1.93 bits per heavy atom. The molecular formula is C19H22Cl2FN3OS. The van der Waals surface area contributed by atoms with Crippen LogP contribution in [-0.4, -0.2) is 28.5 Å². The summed E-state index contributed by atoms with van der Waals surface area (Å²) in [5.41, 5.74) is -0.141. The monoisotopic (exact) mass is 429 g/mol. The first-order valence-corrected chi connectivity index (χ1v) is 8.92. The Morgan fingerprint density at radius 3 is 2.48 bits per heavy atom. The molecule has 0 aliphatic heterocycles. The van der Waals surface area contributed by atoms with Gasteiger partial charge in [0.1, 0.15) is 16.6 Å². The smallest absolute Gasteiger partial charge is 0.197 e. The van der Waals surface area contributed by atoms with Crippen molar-refractivity contribution >= 4 is 46.9 Å². The molecule has 4 rings (SSSR count). The molecular weight excluding hydrogens is 408 g/mol. The van der Waals surface area contributed by atoms with Crippen LogP contribution in [-0.2, 0) is 13.0 Å². The highest BCUT2D eigenvalue weighted by atomic mass is 35.5. The van der Waals surface area contributed by atoms with E-state index >= 15 is 0 Å². The number of imidazole rings is 1. The molecule has 8 heteroatoms. The van der Waals surface area contributed by atoms with Gasteiger partial charge in [0.25, 0.3) is 0 Å². The molecule has 0 aliphatic carbocycles. The molecule has 2 aromatic carbocycles. The topological polar surface area (TPSA) is 38.1 Å². The number of aryl methyl sites for hydroxylation is 1. The summed E-state index contributed by atoms with van der Waals surface area (Å²) in [6.45, 7) is 3.05. The lowest BCUT2D eigenvalue weighted by Gasteiger charge is -2.10. The average molecular weight is 430 g/mol. The molecule has 0 N–H and O–H groups in total. The Morgan fingerprint density at radius 1 is 1.19 bits per heavy atom. The summed E-state index contributed by atoms with van der Waals surface area (Å²) in [6, 6.07) is 8.83. The molecule has 0 aliphatic rings. The van der Waals surface area contributed by atoms with E-state index < -0.39 is 5.82 Å². The second-order valence-corrected chi connectivity index (χ2v) is 7.18. The number of hydrogen-bond acceptors (Lipinski definition) is 4. The minimum Gasteiger partial charge on any atom is -0.302 e. The highest BCUT2D eigenvalue weighted by Crippen LogP contribution is 2.22. The van der Waals surface area contributed by atoms with E-state index in [9.17, 15) is 9.18 Å². The molecule has 0 spiro atoms. The van der Waals surface area contributed by atoms with Crippen molar-refractivity contribution in [3.8, 4) is 5.00 Å². The number of fused-ring (bicyclic) bond motifs is 1. The maximum absolute atomic E-state index is 12.4. The molecule has 2 aromatic heterocycles. The summed E-state index contributed by atoms with van der Waals surface area (Å²) in [4.78, 5) is 18.5. The maximum atomic E-state index is 12.4. The fourth-order valence-electron chi connectivity index (χ4n) is 2.51. The molecule has 0 fully saturated rings. The SMILES string of the molecule is CCc1ccc(-n2ccnc2CN(C)C)s1.Cl.Cl.O=c1c2cccc(F)c12. The molecule has 0 saturated heterocycles. The van der Waals surface area contributed by atoms with E-state index in [0.29, 0.717) is 5.39 Å². The van der Waals surface area contributed by atoms with Gasteiger partial charge >= 0.3 is 0 Å². The Hall–Kier alpha value is -1.73. The van der Waals surface area contributed by atoms with Gasteiger partial charge in [0.2, 0.25) is 0 Å². The largest absolute Gasteiger partial charge is 0.302 e. The fourth-order valence-corrected chi connectivity index (χ4v) is 3.46. The molecule has 27 heavy (non-hydrogen) atoms. The van der Waals surface area contributed by atoms with Gasteiger partial charge in [0.05, 0.1) is 11.9 Å². The average Bonchev–Trinajstić information content (AvgIpc) is 2.97. The summed E-state index contributed by atoms with van der Waals surface area (Å²) in [5.74, 6) is 0.701. The van der Waals surface area contributed by atoms with Crippen LogP contribution in [0.1, 0.15) is 17.6 Å². The highest BCUT2D eigenvalue weighted by Gasteiger charge is 2.15. The van der Waals surface area contributed by atoms with E-state index in [0.717, 1.165) is 18.8 Å². The molecule has 0 unspecified atom stereocenters. The zero-order valence-corrected chi connectivity index (χ0v) is 17.8.